The van der Waals surface area contributed by atoms with Crippen LogP contribution in [0.3, 0.4) is 0 Å². The van der Waals surface area contributed by atoms with Crippen LogP contribution in [0.4, 0.5) is 0 Å². The molecule has 0 fully saturated rings. The van der Waals surface area contributed by atoms with Crippen LogP contribution in [-0.2, 0) is 0 Å². The van der Waals surface area contributed by atoms with Gasteiger partial charge in [-0.3, -0.25) is 0 Å². The molecule has 2 aromatic heterocycles. The van der Waals surface area contributed by atoms with Crippen molar-refractivity contribution in [3.63, 3.8) is 0 Å². The fraction of sp³-hybridized carbons (Fsp3) is 0. The summed E-state index contributed by atoms with van der Waals surface area (Å²) < 4.78 is 6.15. The maximum atomic E-state index is 6.15. The normalized spacial score (nSPS) is 11.6. The van der Waals surface area contributed by atoms with Gasteiger partial charge in [-0.1, -0.05) is 164 Å². The van der Waals surface area contributed by atoms with Gasteiger partial charge in [0, 0.05) is 27.5 Å². The van der Waals surface area contributed by atoms with Crippen LogP contribution in [0, 0.1) is 0 Å². The van der Waals surface area contributed by atoms with Crippen molar-refractivity contribution in [3.05, 3.63) is 194 Å². The molecule has 0 unspecified atom stereocenters. The topological polar surface area (TPSA) is 38.9 Å². The molecule has 0 radical (unpaired) electrons. The lowest BCUT2D eigenvalue weighted by Crippen LogP contribution is -1.96. The summed E-state index contributed by atoms with van der Waals surface area (Å²) in [5.41, 5.74) is 11.4. The van der Waals surface area contributed by atoms with Gasteiger partial charge in [0.2, 0.25) is 0 Å². The molecular weight excluding hydrogens is 669 g/mol. The van der Waals surface area contributed by atoms with Crippen molar-refractivity contribution >= 4 is 54.3 Å². The molecule has 2 heterocycles. The van der Waals surface area contributed by atoms with Crippen LogP contribution in [0.1, 0.15) is 0 Å². The highest BCUT2D eigenvalue weighted by Gasteiger charge is 2.19. The van der Waals surface area contributed by atoms with Crippen molar-refractivity contribution in [1.82, 2.24) is 9.97 Å². The third-order valence-corrected chi connectivity index (χ3v) is 10.9. The Balaban J connectivity index is 1.10. The maximum Gasteiger partial charge on any atom is 0.160 e. The molecule has 11 rings (SSSR count). The van der Waals surface area contributed by atoms with Gasteiger partial charge in [-0.15, -0.1) is 0 Å². The second kappa shape index (κ2) is 12.6. The van der Waals surface area contributed by atoms with Gasteiger partial charge in [0.15, 0.2) is 5.82 Å². The van der Waals surface area contributed by atoms with E-state index in [-0.39, 0.29) is 0 Å². The fourth-order valence-corrected chi connectivity index (χ4v) is 8.32. The van der Waals surface area contributed by atoms with E-state index in [1.54, 1.807) is 0 Å². The molecule has 0 N–H and O–H groups in total. The van der Waals surface area contributed by atoms with E-state index in [2.05, 4.69) is 158 Å². The number of rotatable bonds is 5. The molecule has 0 bridgehead atoms. The summed E-state index contributed by atoms with van der Waals surface area (Å²) in [6.45, 7) is 0. The highest BCUT2D eigenvalue weighted by molar-refractivity contribution is 6.27. The number of fused-ring (bicyclic) bond motifs is 7. The summed E-state index contributed by atoms with van der Waals surface area (Å²) in [6, 6.07) is 68.7. The number of hydrogen-bond donors (Lipinski definition) is 0. The predicted molar refractivity (Wildman–Crippen MR) is 229 cm³/mol. The van der Waals surface area contributed by atoms with Crippen LogP contribution >= 0.6 is 0 Å². The van der Waals surface area contributed by atoms with Crippen LogP contribution in [0.15, 0.2) is 199 Å². The van der Waals surface area contributed by atoms with E-state index in [0.29, 0.717) is 5.82 Å². The lowest BCUT2D eigenvalue weighted by Gasteiger charge is -2.19. The van der Waals surface area contributed by atoms with Crippen molar-refractivity contribution in [1.29, 1.82) is 0 Å². The van der Waals surface area contributed by atoms with Crippen molar-refractivity contribution in [3.8, 4) is 56.2 Å². The number of nitrogens with zero attached hydrogens (tertiary/aromatic N) is 2. The minimum Gasteiger partial charge on any atom is -0.456 e. The Morgan fingerprint density at radius 1 is 0.309 bits per heavy atom. The van der Waals surface area contributed by atoms with E-state index < -0.39 is 0 Å². The van der Waals surface area contributed by atoms with Gasteiger partial charge in [-0.2, -0.15) is 0 Å². The maximum absolute atomic E-state index is 6.15. The summed E-state index contributed by atoms with van der Waals surface area (Å²) in [7, 11) is 0. The standard InChI is InChI=1S/C52H32N2O/c1-3-14-35(15-4-1)50-42-21-10-9-20-41(42)49(43-29-27-33-13-7-8-18-39(33)51(43)50)36-25-23-34(24-26-36)45-32-46(54-52(53-45)37-16-5-2-6-17-37)38-28-30-48-44(31-38)40-19-11-12-22-47(40)55-48/h1-32H. The average molecular weight is 701 g/mol. The minimum absolute atomic E-state index is 0.690. The molecule has 0 saturated carbocycles. The Hall–Kier alpha value is -7.36. The Labute approximate surface area is 317 Å². The Morgan fingerprint density at radius 2 is 0.855 bits per heavy atom. The number of hydrogen-bond acceptors (Lipinski definition) is 3. The van der Waals surface area contributed by atoms with Gasteiger partial charge in [-0.25, -0.2) is 9.97 Å². The van der Waals surface area contributed by atoms with Crippen molar-refractivity contribution in [2.45, 2.75) is 0 Å². The summed E-state index contributed by atoms with van der Waals surface area (Å²) in [4.78, 5) is 10.3. The van der Waals surface area contributed by atoms with E-state index in [1.807, 2.05) is 36.4 Å². The van der Waals surface area contributed by atoms with Gasteiger partial charge in [0.25, 0.3) is 0 Å². The molecule has 256 valence electrons. The quantitative estimate of drug-likeness (QED) is 0.133. The molecule has 55 heavy (non-hydrogen) atoms. The SMILES string of the molecule is c1ccc(-c2nc(-c3ccc(-c4c5ccccc5c(-c5ccccc5)c5c4ccc4ccccc45)cc3)cc(-c3ccc4oc5ccccc5c4c3)n2)cc1. The van der Waals surface area contributed by atoms with E-state index >= 15 is 0 Å². The zero-order chi connectivity index (χ0) is 36.3. The molecule has 3 heteroatoms. The lowest BCUT2D eigenvalue weighted by atomic mass is 9.84. The summed E-state index contributed by atoms with van der Waals surface area (Å²) >= 11 is 0. The van der Waals surface area contributed by atoms with Crippen LogP contribution in [-0.4, -0.2) is 9.97 Å². The third-order valence-electron chi connectivity index (χ3n) is 10.9. The first-order chi connectivity index (χ1) is 27.3. The predicted octanol–water partition coefficient (Wildman–Crippen LogP) is 14.2. The van der Waals surface area contributed by atoms with E-state index in [4.69, 9.17) is 14.4 Å². The van der Waals surface area contributed by atoms with E-state index in [1.165, 1.54) is 49.0 Å². The van der Waals surface area contributed by atoms with Gasteiger partial charge in [0.05, 0.1) is 11.4 Å². The molecular formula is C52H32N2O. The van der Waals surface area contributed by atoms with Crippen LogP contribution in [0.5, 0.6) is 0 Å². The zero-order valence-electron chi connectivity index (χ0n) is 29.8. The first kappa shape index (κ1) is 31.2. The first-order valence-electron chi connectivity index (χ1n) is 18.7. The largest absolute Gasteiger partial charge is 0.456 e. The summed E-state index contributed by atoms with van der Waals surface area (Å²) in [5, 5.41) is 9.64. The van der Waals surface area contributed by atoms with Crippen molar-refractivity contribution in [2.24, 2.45) is 0 Å². The molecule has 11 aromatic rings. The Kier molecular flexibility index (Phi) is 7.17. The molecule has 0 aliphatic heterocycles. The molecule has 0 aliphatic carbocycles. The molecule has 0 atom stereocenters. The first-order valence-corrected chi connectivity index (χ1v) is 18.7. The molecule has 0 saturated heterocycles. The van der Waals surface area contributed by atoms with E-state index in [0.717, 1.165) is 55.6 Å². The van der Waals surface area contributed by atoms with Gasteiger partial charge < -0.3 is 4.42 Å². The zero-order valence-corrected chi connectivity index (χ0v) is 29.8. The summed E-state index contributed by atoms with van der Waals surface area (Å²) in [6.07, 6.45) is 0. The smallest absolute Gasteiger partial charge is 0.160 e. The molecule has 9 aromatic carbocycles. The van der Waals surface area contributed by atoms with Crippen molar-refractivity contribution in [2.75, 3.05) is 0 Å². The van der Waals surface area contributed by atoms with Crippen LogP contribution in [0.25, 0.3) is 110 Å². The summed E-state index contributed by atoms with van der Waals surface area (Å²) in [5.74, 6) is 0.690. The second-order valence-electron chi connectivity index (χ2n) is 14.1. The molecule has 0 aliphatic rings. The van der Waals surface area contributed by atoms with Crippen LogP contribution in [0.2, 0.25) is 0 Å². The highest BCUT2D eigenvalue weighted by atomic mass is 16.3. The number of benzene rings is 9. The van der Waals surface area contributed by atoms with Crippen molar-refractivity contribution < 1.29 is 4.42 Å². The van der Waals surface area contributed by atoms with E-state index in [9.17, 15) is 0 Å². The molecule has 0 amide bonds. The van der Waals surface area contributed by atoms with Gasteiger partial charge in [-0.05, 0) is 84.9 Å². The average Bonchev–Trinajstić information content (AvgIpc) is 3.64. The van der Waals surface area contributed by atoms with Gasteiger partial charge >= 0.3 is 0 Å². The monoisotopic (exact) mass is 700 g/mol. The fourth-order valence-electron chi connectivity index (χ4n) is 8.32. The number of furan rings is 1. The lowest BCUT2D eigenvalue weighted by molar-refractivity contribution is 0.669. The number of aromatic nitrogens is 2. The minimum atomic E-state index is 0.690. The third kappa shape index (κ3) is 5.20. The highest BCUT2D eigenvalue weighted by Crippen LogP contribution is 2.46. The molecule has 0 spiro atoms. The Morgan fingerprint density at radius 3 is 1.62 bits per heavy atom. The second-order valence-corrected chi connectivity index (χ2v) is 14.1. The van der Waals surface area contributed by atoms with Crippen LogP contribution < -0.4 is 0 Å². The van der Waals surface area contributed by atoms with Gasteiger partial charge in [0.1, 0.15) is 11.2 Å². The Bertz CT molecular complexity index is 3240. The molecule has 3 nitrogen and oxygen atoms in total. The number of para-hydroxylation sites is 1.